The molecule has 0 spiro atoms. The maximum absolute atomic E-state index is 11.9. The Bertz CT molecular complexity index is 620. The van der Waals surface area contributed by atoms with Gasteiger partial charge in [0.25, 0.3) is 10.0 Å². The number of aromatic nitrogens is 2. The zero-order valence-corrected chi connectivity index (χ0v) is 9.95. The largest absolute Gasteiger partial charge is 0.397 e. The molecule has 6 nitrogen and oxygen atoms in total. The summed E-state index contributed by atoms with van der Waals surface area (Å²) in [6.45, 7) is 1.85. The average Bonchev–Trinajstić information content (AvgIpc) is 2.77. The minimum absolute atomic E-state index is 0.00148. The number of nitrogens with two attached hydrogens (primary N) is 1. The van der Waals surface area contributed by atoms with Crippen LogP contribution in [0.1, 0.15) is 5.56 Å². The average molecular weight is 252 g/mol. The Labute approximate surface area is 98.9 Å². The summed E-state index contributed by atoms with van der Waals surface area (Å²) in [4.78, 5) is 0. The quantitative estimate of drug-likeness (QED) is 0.712. The van der Waals surface area contributed by atoms with Crippen LogP contribution in [0, 0.1) is 6.92 Å². The third-order valence-corrected chi connectivity index (χ3v) is 3.51. The number of sulfonamides is 1. The molecule has 0 fully saturated rings. The molecule has 90 valence electrons. The van der Waals surface area contributed by atoms with E-state index in [4.69, 9.17) is 5.73 Å². The number of nitrogen functional groups attached to an aromatic ring is 1. The summed E-state index contributed by atoms with van der Waals surface area (Å²) in [5.74, 6) is 0. The van der Waals surface area contributed by atoms with Gasteiger partial charge < -0.3 is 5.73 Å². The summed E-state index contributed by atoms with van der Waals surface area (Å²) in [7, 11) is -3.66. The molecular weight excluding hydrogens is 240 g/mol. The SMILES string of the molecule is Cc1ccc(N)c(NS(=O)(=O)c2ccn[nH]2)c1. The van der Waals surface area contributed by atoms with Crippen molar-refractivity contribution in [3.63, 3.8) is 0 Å². The predicted molar refractivity (Wildman–Crippen MR) is 65.0 cm³/mol. The molecule has 0 saturated heterocycles. The van der Waals surface area contributed by atoms with Crippen molar-refractivity contribution in [3.8, 4) is 0 Å². The minimum Gasteiger partial charge on any atom is -0.397 e. The van der Waals surface area contributed by atoms with Gasteiger partial charge in [0.1, 0.15) is 0 Å². The molecule has 0 aliphatic carbocycles. The number of benzene rings is 1. The molecule has 0 aliphatic heterocycles. The maximum atomic E-state index is 11.9. The van der Waals surface area contributed by atoms with Crippen LogP contribution in [0.4, 0.5) is 11.4 Å². The summed E-state index contributed by atoms with van der Waals surface area (Å²) in [5.41, 5.74) is 7.35. The van der Waals surface area contributed by atoms with E-state index >= 15 is 0 Å². The third-order valence-electron chi connectivity index (χ3n) is 2.22. The van der Waals surface area contributed by atoms with E-state index in [0.29, 0.717) is 11.4 Å². The normalized spacial score (nSPS) is 11.4. The highest BCUT2D eigenvalue weighted by Crippen LogP contribution is 2.22. The van der Waals surface area contributed by atoms with Gasteiger partial charge in [-0.05, 0) is 30.7 Å². The molecule has 1 aromatic heterocycles. The summed E-state index contributed by atoms with van der Waals surface area (Å²) >= 11 is 0. The second-order valence-electron chi connectivity index (χ2n) is 3.62. The van der Waals surface area contributed by atoms with Gasteiger partial charge in [-0.1, -0.05) is 6.07 Å². The molecule has 0 bridgehead atoms. The van der Waals surface area contributed by atoms with Crippen molar-refractivity contribution in [2.45, 2.75) is 11.9 Å². The number of nitrogens with one attached hydrogen (secondary N) is 2. The Kier molecular flexibility index (Phi) is 2.76. The molecule has 2 aromatic rings. The van der Waals surface area contributed by atoms with Gasteiger partial charge in [0.2, 0.25) is 0 Å². The molecule has 0 aliphatic rings. The molecule has 0 radical (unpaired) electrons. The smallest absolute Gasteiger partial charge is 0.278 e. The third kappa shape index (κ3) is 2.39. The second-order valence-corrected chi connectivity index (χ2v) is 5.27. The fourth-order valence-corrected chi connectivity index (χ4v) is 2.34. The topological polar surface area (TPSA) is 101 Å². The fraction of sp³-hybridized carbons (Fsp3) is 0.100. The van der Waals surface area contributed by atoms with E-state index in [1.54, 1.807) is 12.1 Å². The first-order chi connectivity index (χ1) is 7.99. The van der Waals surface area contributed by atoms with Crippen LogP contribution < -0.4 is 10.5 Å². The Hall–Kier alpha value is -2.02. The van der Waals surface area contributed by atoms with E-state index in [1.165, 1.54) is 12.3 Å². The summed E-state index contributed by atoms with van der Waals surface area (Å²) in [5, 5.41) is 5.98. The monoisotopic (exact) mass is 252 g/mol. The van der Waals surface area contributed by atoms with Crippen molar-refractivity contribution in [1.29, 1.82) is 0 Å². The molecule has 0 unspecified atom stereocenters. The van der Waals surface area contributed by atoms with E-state index in [1.807, 2.05) is 13.0 Å². The zero-order chi connectivity index (χ0) is 12.5. The number of aryl methyl sites for hydroxylation is 1. The summed E-state index contributed by atoms with van der Waals surface area (Å²) < 4.78 is 26.2. The molecule has 4 N–H and O–H groups in total. The first-order valence-corrected chi connectivity index (χ1v) is 6.36. The van der Waals surface area contributed by atoms with Gasteiger partial charge in [-0.25, -0.2) is 0 Å². The van der Waals surface area contributed by atoms with E-state index in [0.717, 1.165) is 5.56 Å². The van der Waals surface area contributed by atoms with Crippen LogP contribution in [0.25, 0.3) is 0 Å². The molecular formula is C10H12N4O2S. The van der Waals surface area contributed by atoms with Gasteiger partial charge in [-0.3, -0.25) is 9.82 Å². The van der Waals surface area contributed by atoms with Gasteiger partial charge in [0.15, 0.2) is 5.03 Å². The van der Waals surface area contributed by atoms with E-state index in [2.05, 4.69) is 14.9 Å². The first kappa shape index (κ1) is 11.5. The van der Waals surface area contributed by atoms with Crippen molar-refractivity contribution < 1.29 is 8.42 Å². The Morgan fingerprint density at radius 2 is 2.12 bits per heavy atom. The lowest BCUT2D eigenvalue weighted by molar-refractivity contribution is 0.597. The van der Waals surface area contributed by atoms with Gasteiger partial charge in [-0.2, -0.15) is 13.5 Å². The summed E-state index contributed by atoms with van der Waals surface area (Å²) in [6.07, 6.45) is 1.37. The highest BCUT2D eigenvalue weighted by atomic mass is 32.2. The molecule has 0 amide bonds. The Balaban J connectivity index is 2.36. The molecule has 2 rings (SSSR count). The van der Waals surface area contributed by atoms with E-state index in [9.17, 15) is 8.42 Å². The number of hydrogen-bond donors (Lipinski definition) is 3. The van der Waals surface area contributed by atoms with Gasteiger partial charge in [0, 0.05) is 0 Å². The summed E-state index contributed by atoms with van der Waals surface area (Å²) in [6, 6.07) is 6.50. The van der Waals surface area contributed by atoms with Crippen LogP contribution in [-0.2, 0) is 10.0 Å². The number of nitrogens with zero attached hydrogens (tertiary/aromatic N) is 1. The lowest BCUT2D eigenvalue weighted by Gasteiger charge is -2.09. The van der Waals surface area contributed by atoms with Crippen LogP contribution >= 0.6 is 0 Å². The predicted octanol–water partition coefficient (Wildman–Crippen LogP) is 1.10. The van der Waals surface area contributed by atoms with Gasteiger partial charge >= 0.3 is 0 Å². The van der Waals surface area contributed by atoms with E-state index in [-0.39, 0.29) is 5.03 Å². The van der Waals surface area contributed by atoms with Crippen molar-refractivity contribution >= 4 is 21.4 Å². The highest BCUT2D eigenvalue weighted by molar-refractivity contribution is 7.92. The van der Waals surface area contributed by atoms with Crippen LogP contribution in [0.15, 0.2) is 35.5 Å². The number of aromatic amines is 1. The van der Waals surface area contributed by atoms with Gasteiger partial charge in [-0.15, -0.1) is 0 Å². The standard InChI is InChI=1S/C10H12N4O2S/c1-7-2-3-8(11)9(6-7)14-17(15,16)10-4-5-12-13-10/h2-6,14H,11H2,1H3,(H,12,13). The van der Waals surface area contributed by atoms with Crippen molar-refractivity contribution in [2.75, 3.05) is 10.5 Å². The lowest BCUT2D eigenvalue weighted by Crippen LogP contribution is -2.14. The first-order valence-electron chi connectivity index (χ1n) is 4.87. The molecule has 7 heteroatoms. The fourth-order valence-electron chi connectivity index (χ4n) is 1.35. The number of rotatable bonds is 3. The van der Waals surface area contributed by atoms with Crippen LogP contribution in [-0.4, -0.2) is 18.6 Å². The zero-order valence-electron chi connectivity index (χ0n) is 9.14. The molecule has 1 heterocycles. The van der Waals surface area contributed by atoms with Crippen molar-refractivity contribution in [1.82, 2.24) is 10.2 Å². The maximum Gasteiger partial charge on any atom is 0.278 e. The molecule has 1 aromatic carbocycles. The Morgan fingerprint density at radius 3 is 2.76 bits per heavy atom. The highest BCUT2D eigenvalue weighted by Gasteiger charge is 2.16. The van der Waals surface area contributed by atoms with Crippen LogP contribution in [0.3, 0.4) is 0 Å². The number of hydrogen-bond acceptors (Lipinski definition) is 4. The second kappa shape index (κ2) is 4.10. The van der Waals surface area contributed by atoms with Gasteiger partial charge in [0.05, 0.1) is 17.6 Å². The molecule has 17 heavy (non-hydrogen) atoms. The minimum atomic E-state index is -3.66. The van der Waals surface area contributed by atoms with Crippen molar-refractivity contribution in [3.05, 3.63) is 36.0 Å². The van der Waals surface area contributed by atoms with E-state index < -0.39 is 10.0 Å². The van der Waals surface area contributed by atoms with Crippen LogP contribution in [0.2, 0.25) is 0 Å². The lowest BCUT2D eigenvalue weighted by atomic mass is 10.2. The Morgan fingerprint density at radius 1 is 1.35 bits per heavy atom. The van der Waals surface area contributed by atoms with Crippen LogP contribution in [0.5, 0.6) is 0 Å². The number of anilines is 2. The van der Waals surface area contributed by atoms with Crippen molar-refractivity contribution in [2.24, 2.45) is 0 Å². The number of H-pyrrole nitrogens is 1. The molecule has 0 saturated carbocycles. The molecule has 0 atom stereocenters.